The van der Waals surface area contributed by atoms with Gasteiger partial charge >= 0.3 is 0 Å². The lowest BCUT2D eigenvalue weighted by Crippen LogP contribution is -2.38. The number of nitrogens with one attached hydrogen (secondary N) is 1. The summed E-state index contributed by atoms with van der Waals surface area (Å²) in [7, 11) is 0. The number of hydrogen-bond donors (Lipinski definition) is 2. The molecule has 5 heteroatoms. The summed E-state index contributed by atoms with van der Waals surface area (Å²) in [4.78, 5) is 12.4. The molecule has 124 valence electrons. The molecule has 1 fully saturated rings. The van der Waals surface area contributed by atoms with Crippen molar-refractivity contribution < 1.29 is 9.32 Å². The molecule has 1 aromatic rings. The second-order valence-electron chi connectivity index (χ2n) is 6.46. The zero-order valence-corrected chi connectivity index (χ0v) is 13.9. The minimum Gasteiger partial charge on any atom is -0.361 e. The average molecular weight is 307 g/mol. The first-order chi connectivity index (χ1) is 10.6. The lowest BCUT2D eigenvalue weighted by molar-refractivity contribution is -0.124. The summed E-state index contributed by atoms with van der Waals surface area (Å²) < 4.78 is 5.34. The third kappa shape index (κ3) is 3.88. The van der Waals surface area contributed by atoms with Crippen LogP contribution in [0.4, 0.5) is 0 Å². The van der Waals surface area contributed by atoms with Crippen LogP contribution in [0.25, 0.3) is 0 Å². The zero-order chi connectivity index (χ0) is 16.0. The van der Waals surface area contributed by atoms with Crippen LogP contribution in [0.3, 0.4) is 0 Å². The van der Waals surface area contributed by atoms with Crippen LogP contribution in [0.2, 0.25) is 0 Å². The fourth-order valence-electron chi connectivity index (χ4n) is 3.48. The molecule has 0 spiro atoms. The molecule has 0 unspecified atom stereocenters. The van der Waals surface area contributed by atoms with Gasteiger partial charge in [-0.1, -0.05) is 38.3 Å². The summed E-state index contributed by atoms with van der Waals surface area (Å²) >= 11 is 0. The lowest BCUT2D eigenvalue weighted by atomic mass is 9.71. The number of carbonyl (C=O) groups excluding carboxylic acids is 1. The van der Waals surface area contributed by atoms with Crippen LogP contribution >= 0.6 is 0 Å². The molecule has 0 radical (unpaired) electrons. The van der Waals surface area contributed by atoms with Crippen molar-refractivity contribution >= 4 is 5.91 Å². The molecule has 2 rings (SSSR count). The van der Waals surface area contributed by atoms with E-state index in [-0.39, 0.29) is 11.3 Å². The highest BCUT2D eigenvalue weighted by Gasteiger charge is 2.33. The Bertz CT molecular complexity index is 469. The largest absolute Gasteiger partial charge is 0.361 e. The Morgan fingerprint density at radius 3 is 2.59 bits per heavy atom. The number of nitrogens with two attached hydrogens (primary N) is 1. The second-order valence-corrected chi connectivity index (χ2v) is 6.46. The maximum atomic E-state index is 12.4. The van der Waals surface area contributed by atoms with Gasteiger partial charge in [-0.05, 0) is 31.2 Å². The average Bonchev–Trinajstić information content (AvgIpc) is 2.95. The van der Waals surface area contributed by atoms with Crippen molar-refractivity contribution in [2.45, 2.75) is 71.8 Å². The Kier molecular flexibility index (Phi) is 6.00. The molecule has 1 aliphatic rings. The highest BCUT2D eigenvalue weighted by atomic mass is 16.5. The number of aromatic nitrogens is 1. The van der Waals surface area contributed by atoms with Crippen LogP contribution in [0.5, 0.6) is 0 Å². The number of carbonyl (C=O) groups is 1. The van der Waals surface area contributed by atoms with Gasteiger partial charge in [-0.3, -0.25) is 4.79 Å². The topological polar surface area (TPSA) is 81.2 Å². The van der Waals surface area contributed by atoms with E-state index in [0.29, 0.717) is 19.5 Å². The molecule has 0 aromatic carbocycles. The van der Waals surface area contributed by atoms with Crippen molar-refractivity contribution in [3.05, 3.63) is 17.0 Å². The van der Waals surface area contributed by atoms with Gasteiger partial charge in [0.1, 0.15) is 5.76 Å². The molecule has 1 aliphatic carbocycles. The third-order valence-corrected chi connectivity index (χ3v) is 4.95. The van der Waals surface area contributed by atoms with E-state index < -0.39 is 0 Å². The van der Waals surface area contributed by atoms with E-state index >= 15 is 0 Å². The van der Waals surface area contributed by atoms with Crippen molar-refractivity contribution in [3.63, 3.8) is 0 Å². The predicted molar refractivity (Wildman–Crippen MR) is 86.3 cm³/mol. The van der Waals surface area contributed by atoms with Crippen LogP contribution in [-0.2, 0) is 24.2 Å². The summed E-state index contributed by atoms with van der Waals surface area (Å²) in [5.74, 6) is 0.973. The van der Waals surface area contributed by atoms with Crippen molar-refractivity contribution in [1.82, 2.24) is 10.5 Å². The second kappa shape index (κ2) is 7.77. The van der Waals surface area contributed by atoms with E-state index in [1.54, 1.807) is 0 Å². The minimum absolute atomic E-state index is 0.0121. The molecule has 5 nitrogen and oxygen atoms in total. The first-order valence-corrected chi connectivity index (χ1v) is 8.57. The highest BCUT2D eigenvalue weighted by molar-refractivity contribution is 5.76. The monoisotopic (exact) mass is 307 g/mol. The molecule has 0 aliphatic heterocycles. The molecule has 3 N–H and O–H groups in total. The van der Waals surface area contributed by atoms with E-state index in [0.717, 1.165) is 42.7 Å². The van der Waals surface area contributed by atoms with E-state index in [1.165, 1.54) is 19.3 Å². The summed E-state index contributed by atoms with van der Waals surface area (Å²) in [6.07, 6.45) is 7.95. The van der Waals surface area contributed by atoms with Crippen molar-refractivity contribution in [1.29, 1.82) is 0 Å². The Hall–Kier alpha value is -1.36. The Labute approximate surface area is 133 Å². The summed E-state index contributed by atoms with van der Waals surface area (Å²) in [5.41, 5.74) is 7.97. The van der Waals surface area contributed by atoms with E-state index in [4.69, 9.17) is 10.3 Å². The van der Waals surface area contributed by atoms with Gasteiger partial charge in [-0.15, -0.1) is 0 Å². The van der Waals surface area contributed by atoms with Gasteiger partial charge in [0.2, 0.25) is 5.91 Å². The summed E-state index contributed by atoms with van der Waals surface area (Å²) in [5, 5.41) is 7.13. The lowest BCUT2D eigenvalue weighted by Gasteiger charge is -2.35. The predicted octanol–water partition coefficient (Wildman–Crippen LogP) is 2.71. The number of nitrogens with zero attached hydrogens (tertiary/aromatic N) is 1. The van der Waals surface area contributed by atoms with Gasteiger partial charge in [-0.25, -0.2) is 0 Å². The van der Waals surface area contributed by atoms with Crippen LogP contribution in [0, 0.1) is 5.41 Å². The van der Waals surface area contributed by atoms with Gasteiger partial charge in [0.05, 0.1) is 5.69 Å². The normalized spacial score (nSPS) is 17.4. The van der Waals surface area contributed by atoms with Gasteiger partial charge in [0.15, 0.2) is 0 Å². The Morgan fingerprint density at radius 2 is 2.00 bits per heavy atom. The molecular weight excluding hydrogens is 278 g/mol. The fraction of sp³-hybridized carbons (Fsp3) is 0.765. The van der Waals surface area contributed by atoms with Gasteiger partial charge in [0.25, 0.3) is 0 Å². The molecule has 1 saturated carbocycles. The molecule has 1 amide bonds. The van der Waals surface area contributed by atoms with Gasteiger partial charge in [0, 0.05) is 24.9 Å². The summed E-state index contributed by atoms with van der Waals surface area (Å²) in [6, 6.07) is 0. The van der Waals surface area contributed by atoms with Gasteiger partial charge < -0.3 is 15.6 Å². The van der Waals surface area contributed by atoms with E-state index in [9.17, 15) is 4.79 Å². The molecule has 1 heterocycles. The van der Waals surface area contributed by atoms with Crippen LogP contribution in [-0.4, -0.2) is 17.6 Å². The van der Waals surface area contributed by atoms with Crippen LogP contribution < -0.4 is 11.1 Å². The van der Waals surface area contributed by atoms with Crippen LogP contribution in [0.15, 0.2) is 4.52 Å². The quantitative estimate of drug-likeness (QED) is 0.811. The maximum absolute atomic E-state index is 12.4. The summed E-state index contributed by atoms with van der Waals surface area (Å²) in [6.45, 7) is 5.20. The minimum atomic E-state index is 0.0121. The first kappa shape index (κ1) is 17.0. The fourth-order valence-corrected chi connectivity index (χ4v) is 3.48. The Balaban J connectivity index is 1.93. The number of rotatable bonds is 7. The number of amides is 1. The number of aryl methyl sites for hydroxylation is 2. The highest BCUT2D eigenvalue weighted by Crippen LogP contribution is 2.38. The van der Waals surface area contributed by atoms with Crippen molar-refractivity contribution in [3.8, 4) is 0 Å². The van der Waals surface area contributed by atoms with Crippen LogP contribution in [0.1, 0.15) is 69.4 Å². The Morgan fingerprint density at radius 1 is 1.27 bits per heavy atom. The standard InChI is InChI=1S/C17H29N3O2/c1-3-14-13(15(4-2)22-20-14)11-19-16(21)10-17(12-18)8-6-5-7-9-17/h3-12,18H2,1-2H3,(H,19,21). The SMILES string of the molecule is CCc1noc(CC)c1CNC(=O)CC1(CN)CCCCC1. The molecule has 0 atom stereocenters. The van der Waals surface area contributed by atoms with Crippen molar-refractivity contribution in [2.24, 2.45) is 11.1 Å². The molecule has 1 aromatic heterocycles. The first-order valence-electron chi connectivity index (χ1n) is 8.57. The molecule has 0 saturated heterocycles. The third-order valence-electron chi connectivity index (χ3n) is 4.95. The molecular formula is C17H29N3O2. The van der Waals surface area contributed by atoms with E-state index in [2.05, 4.69) is 10.5 Å². The maximum Gasteiger partial charge on any atom is 0.220 e. The molecule has 0 bridgehead atoms. The number of hydrogen-bond acceptors (Lipinski definition) is 4. The van der Waals surface area contributed by atoms with E-state index in [1.807, 2.05) is 13.8 Å². The zero-order valence-electron chi connectivity index (χ0n) is 13.9. The smallest absolute Gasteiger partial charge is 0.220 e. The van der Waals surface area contributed by atoms with Gasteiger partial charge in [-0.2, -0.15) is 0 Å². The van der Waals surface area contributed by atoms with Crippen molar-refractivity contribution in [2.75, 3.05) is 6.54 Å². The molecule has 22 heavy (non-hydrogen) atoms.